The summed E-state index contributed by atoms with van der Waals surface area (Å²) in [5.74, 6) is 0.505. The van der Waals surface area contributed by atoms with Gasteiger partial charge in [0.2, 0.25) is 5.16 Å². The largest absolute Gasteiger partial charge is 0.293 e. The molecule has 0 amide bonds. The number of hydrogen-bond acceptors (Lipinski definition) is 6. The average Bonchev–Trinajstić information content (AvgIpc) is 2.95. The Labute approximate surface area is 136 Å². The van der Waals surface area contributed by atoms with Crippen LogP contribution in [0, 0.1) is 6.92 Å². The summed E-state index contributed by atoms with van der Waals surface area (Å²) < 4.78 is 1.44. The Balaban J connectivity index is 1.76. The van der Waals surface area contributed by atoms with E-state index >= 15 is 0 Å². The number of nitrogens with zero attached hydrogens (tertiary/aromatic N) is 4. The van der Waals surface area contributed by atoms with Gasteiger partial charge < -0.3 is 0 Å². The number of ketones is 1. The van der Waals surface area contributed by atoms with Crippen molar-refractivity contribution in [3.63, 3.8) is 0 Å². The van der Waals surface area contributed by atoms with Crippen molar-refractivity contribution in [1.82, 2.24) is 24.8 Å². The molecule has 2 heterocycles. The van der Waals surface area contributed by atoms with Gasteiger partial charge in [-0.1, -0.05) is 43.0 Å². The zero-order valence-electron chi connectivity index (χ0n) is 12.7. The summed E-state index contributed by atoms with van der Waals surface area (Å²) in [6, 6.07) is 7.59. The molecule has 0 atom stereocenters. The van der Waals surface area contributed by atoms with Crippen molar-refractivity contribution in [2.45, 2.75) is 25.4 Å². The molecule has 3 rings (SSSR count). The molecule has 0 spiro atoms. The van der Waals surface area contributed by atoms with Crippen LogP contribution >= 0.6 is 11.8 Å². The lowest BCUT2D eigenvalue weighted by atomic mass is 10.1. The van der Waals surface area contributed by atoms with Crippen molar-refractivity contribution < 1.29 is 4.79 Å². The van der Waals surface area contributed by atoms with Crippen LogP contribution in [0.4, 0.5) is 0 Å². The Bertz CT molecular complexity index is 914. The number of aromatic amines is 1. The van der Waals surface area contributed by atoms with Gasteiger partial charge in [-0.05, 0) is 18.9 Å². The van der Waals surface area contributed by atoms with Crippen molar-refractivity contribution in [1.29, 1.82) is 0 Å². The number of hydrogen-bond donors (Lipinski definition) is 1. The van der Waals surface area contributed by atoms with E-state index in [0.29, 0.717) is 16.4 Å². The standard InChI is InChI=1S/C15H15N5O2S/c1-3-10-4-6-11(7-5-10)12(21)8-23-15-18-17-14-16-13(22)9(2)19-20(14)15/h4-7H,3,8H2,1-2H3,(H,16,17,22). The average molecular weight is 329 g/mol. The Kier molecular flexibility index (Phi) is 4.24. The van der Waals surface area contributed by atoms with E-state index in [2.05, 4.69) is 27.2 Å². The number of aromatic nitrogens is 5. The summed E-state index contributed by atoms with van der Waals surface area (Å²) in [4.78, 5) is 26.3. The zero-order valence-corrected chi connectivity index (χ0v) is 13.6. The highest BCUT2D eigenvalue weighted by atomic mass is 32.2. The van der Waals surface area contributed by atoms with Gasteiger partial charge in [-0.25, -0.2) is 0 Å². The molecule has 0 fully saturated rings. The number of aryl methyl sites for hydroxylation is 2. The summed E-state index contributed by atoms with van der Waals surface area (Å²) in [5.41, 5.74) is 1.89. The lowest BCUT2D eigenvalue weighted by Crippen LogP contribution is -2.15. The second-order valence-electron chi connectivity index (χ2n) is 5.02. The third-order valence-corrected chi connectivity index (χ3v) is 4.35. The maximum absolute atomic E-state index is 12.2. The molecule has 1 aromatic carbocycles. The fourth-order valence-electron chi connectivity index (χ4n) is 2.05. The molecule has 118 valence electrons. The molecular formula is C15H15N5O2S. The number of benzene rings is 1. The van der Waals surface area contributed by atoms with E-state index in [1.54, 1.807) is 6.92 Å². The van der Waals surface area contributed by atoms with E-state index in [-0.39, 0.29) is 22.9 Å². The zero-order chi connectivity index (χ0) is 16.4. The highest BCUT2D eigenvalue weighted by molar-refractivity contribution is 7.99. The summed E-state index contributed by atoms with van der Waals surface area (Å²) in [6.45, 7) is 3.68. The van der Waals surface area contributed by atoms with E-state index in [4.69, 9.17) is 0 Å². The van der Waals surface area contributed by atoms with Crippen molar-refractivity contribution in [2.24, 2.45) is 0 Å². The van der Waals surface area contributed by atoms with E-state index in [9.17, 15) is 9.59 Å². The topological polar surface area (TPSA) is 93.0 Å². The minimum absolute atomic E-state index is 0.00977. The lowest BCUT2D eigenvalue weighted by Gasteiger charge is -2.02. The molecule has 2 aromatic heterocycles. The van der Waals surface area contributed by atoms with Crippen LogP contribution in [-0.4, -0.2) is 36.3 Å². The molecule has 0 aliphatic carbocycles. The van der Waals surface area contributed by atoms with Crippen LogP contribution < -0.4 is 5.56 Å². The highest BCUT2D eigenvalue weighted by Gasteiger charge is 2.13. The second kappa shape index (κ2) is 6.33. The third-order valence-electron chi connectivity index (χ3n) is 3.43. The van der Waals surface area contributed by atoms with Crippen molar-refractivity contribution in [2.75, 3.05) is 5.75 Å². The van der Waals surface area contributed by atoms with Crippen LogP contribution in [0.1, 0.15) is 28.5 Å². The van der Waals surface area contributed by atoms with Crippen LogP contribution in [0.15, 0.2) is 34.2 Å². The van der Waals surface area contributed by atoms with Gasteiger partial charge in [-0.2, -0.15) is 9.61 Å². The normalized spacial score (nSPS) is 11.0. The number of rotatable bonds is 5. The van der Waals surface area contributed by atoms with E-state index < -0.39 is 0 Å². The predicted molar refractivity (Wildman–Crippen MR) is 87.0 cm³/mol. The first-order chi connectivity index (χ1) is 11.1. The number of H-pyrrole nitrogens is 1. The first-order valence-corrected chi connectivity index (χ1v) is 8.14. The predicted octanol–water partition coefficient (Wildman–Crippen LogP) is 1.66. The quantitative estimate of drug-likeness (QED) is 0.565. The summed E-state index contributed by atoms with van der Waals surface area (Å²) in [6.07, 6.45) is 0.943. The molecule has 7 nitrogen and oxygen atoms in total. The molecule has 0 bridgehead atoms. The van der Waals surface area contributed by atoms with Crippen LogP contribution in [0.5, 0.6) is 0 Å². The molecule has 0 saturated heterocycles. The fourth-order valence-corrected chi connectivity index (χ4v) is 2.83. The van der Waals surface area contributed by atoms with Crippen LogP contribution in [0.2, 0.25) is 0 Å². The monoisotopic (exact) mass is 329 g/mol. The van der Waals surface area contributed by atoms with Crippen LogP contribution in [-0.2, 0) is 6.42 Å². The Hall–Kier alpha value is -2.48. The number of nitrogens with one attached hydrogen (secondary N) is 1. The second-order valence-corrected chi connectivity index (χ2v) is 5.96. The van der Waals surface area contributed by atoms with E-state index in [1.165, 1.54) is 21.8 Å². The molecule has 0 radical (unpaired) electrons. The summed E-state index contributed by atoms with van der Waals surface area (Å²) >= 11 is 1.24. The Morgan fingerprint density at radius 3 is 2.70 bits per heavy atom. The first-order valence-electron chi connectivity index (χ1n) is 7.15. The SMILES string of the molecule is CCc1ccc(C(=O)CSc2nnc3[nH]c(=O)c(C)nn23)cc1. The smallest absolute Gasteiger partial charge is 0.273 e. The minimum atomic E-state index is -0.298. The third kappa shape index (κ3) is 3.16. The van der Waals surface area contributed by atoms with Gasteiger partial charge in [0.25, 0.3) is 11.3 Å². The molecule has 8 heteroatoms. The number of Topliss-reactive ketones (excluding diaryl/α,β-unsaturated/α-hetero) is 1. The lowest BCUT2D eigenvalue weighted by molar-refractivity contribution is 0.102. The van der Waals surface area contributed by atoms with Gasteiger partial charge in [-0.3, -0.25) is 14.6 Å². The van der Waals surface area contributed by atoms with Crippen LogP contribution in [0.3, 0.4) is 0 Å². The number of carbonyl (C=O) groups excluding carboxylic acids is 1. The molecule has 23 heavy (non-hydrogen) atoms. The van der Waals surface area contributed by atoms with Crippen molar-refractivity contribution in [3.8, 4) is 0 Å². The van der Waals surface area contributed by atoms with E-state index in [1.807, 2.05) is 24.3 Å². The van der Waals surface area contributed by atoms with Gasteiger partial charge in [0.05, 0.1) is 5.75 Å². The van der Waals surface area contributed by atoms with Gasteiger partial charge in [0, 0.05) is 5.56 Å². The minimum Gasteiger partial charge on any atom is -0.293 e. The molecule has 3 aromatic rings. The highest BCUT2D eigenvalue weighted by Crippen LogP contribution is 2.17. The van der Waals surface area contributed by atoms with Gasteiger partial charge in [0.1, 0.15) is 5.69 Å². The molecule has 0 aliphatic heterocycles. The van der Waals surface area contributed by atoms with Crippen molar-refractivity contribution in [3.05, 3.63) is 51.4 Å². The number of fused-ring (bicyclic) bond motifs is 1. The van der Waals surface area contributed by atoms with Crippen LogP contribution in [0.25, 0.3) is 5.78 Å². The maximum atomic E-state index is 12.2. The Morgan fingerprint density at radius 2 is 2.00 bits per heavy atom. The van der Waals surface area contributed by atoms with Gasteiger partial charge in [0.15, 0.2) is 5.78 Å². The fraction of sp³-hybridized carbons (Fsp3) is 0.267. The van der Waals surface area contributed by atoms with Gasteiger partial charge in [-0.15, -0.1) is 10.2 Å². The Morgan fingerprint density at radius 1 is 1.26 bits per heavy atom. The van der Waals surface area contributed by atoms with Crippen molar-refractivity contribution >= 4 is 23.3 Å². The maximum Gasteiger partial charge on any atom is 0.273 e. The van der Waals surface area contributed by atoms with Gasteiger partial charge >= 0.3 is 0 Å². The summed E-state index contributed by atoms with van der Waals surface area (Å²) in [7, 11) is 0. The molecular weight excluding hydrogens is 314 g/mol. The molecule has 0 saturated carbocycles. The first kappa shape index (κ1) is 15.4. The number of thioether (sulfide) groups is 1. The molecule has 1 N–H and O–H groups in total. The van der Waals surface area contributed by atoms with E-state index in [0.717, 1.165) is 6.42 Å². The molecule has 0 aliphatic rings. The number of carbonyl (C=O) groups is 1. The molecule has 0 unspecified atom stereocenters. The summed E-state index contributed by atoms with van der Waals surface area (Å²) in [5, 5.41) is 12.4.